The first-order valence-corrected chi connectivity index (χ1v) is 6.57. The zero-order valence-electron chi connectivity index (χ0n) is 12.1. The SMILES string of the molecule is COc1ccc(-c2cn3cc(N)cc(C)c3n2)cc1[N+](=O)[O-]. The van der Waals surface area contributed by atoms with Gasteiger partial charge in [-0.25, -0.2) is 4.98 Å². The summed E-state index contributed by atoms with van der Waals surface area (Å²) in [6.45, 7) is 1.92. The normalized spacial score (nSPS) is 10.8. The monoisotopic (exact) mass is 298 g/mol. The van der Waals surface area contributed by atoms with Crippen LogP contribution in [0.15, 0.2) is 36.7 Å². The number of imidazole rings is 1. The van der Waals surface area contributed by atoms with E-state index >= 15 is 0 Å². The highest BCUT2D eigenvalue weighted by atomic mass is 16.6. The number of pyridine rings is 1. The Kier molecular flexibility index (Phi) is 3.17. The molecule has 0 unspecified atom stereocenters. The number of hydrogen-bond acceptors (Lipinski definition) is 5. The predicted octanol–water partition coefficient (Wildman–Crippen LogP) is 2.81. The third-order valence-electron chi connectivity index (χ3n) is 3.43. The number of ether oxygens (including phenoxy) is 1. The Morgan fingerprint density at radius 1 is 1.32 bits per heavy atom. The first-order valence-electron chi connectivity index (χ1n) is 6.57. The molecule has 0 spiro atoms. The molecule has 0 atom stereocenters. The van der Waals surface area contributed by atoms with Crippen LogP contribution in [0.25, 0.3) is 16.9 Å². The second-order valence-electron chi connectivity index (χ2n) is 4.96. The molecule has 3 rings (SSSR count). The molecular weight excluding hydrogens is 284 g/mol. The van der Waals surface area contributed by atoms with Crippen molar-refractivity contribution in [2.75, 3.05) is 12.8 Å². The van der Waals surface area contributed by atoms with Gasteiger partial charge < -0.3 is 14.9 Å². The van der Waals surface area contributed by atoms with Crippen LogP contribution in [0.1, 0.15) is 5.56 Å². The minimum absolute atomic E-state index is 0.0895. The Morgan fingerprint density at radius 2 is 2.09 bits per heavy atom. The molecule has 112 valence electrons. The third kappa shape index (κ3) is 2.22. The Bertz CT molecular complexity index is 886. The molecule has 2 heterocycles. The second kappa shape index (κ2) is 5.03. The number of rotatable bonds is 3. The number of benzene rings is 1. The lowest BCUT2D eigenvalue weighted by molar-refractivity contribution is -0.385. The number of methoxy groups -OCH3 is 1. The fourth-order valence-electron chi connectivity index (χ4n) is 2.43. The van der Waals surface area contributed by atoms with Crippen LogP contribution >= 0.6 is 0 Å². The summed E-state index contributed by atoms with van der Waals surface area (Å²) >= 11 is 0. The maximum Gasteiger partial charge on any atom is 0.311 e. The van der Waals surface area contributed by atoms with Crippen LogP contribution in [0.2, 0.25) is 0 Å². The third-order valence-corrected chi connectivity index (χ3v) is 3.43. The van der Waals surface area contributed by atoms with Gasteiger partial charge in [0.2, 0.25) is 0 Å². The first kappa shape index (κ1) is 13.9. The van der Waals surface area contributed by atoms with Gasteiger partial charge in [0.15, 0.2) is 5.75 Å². The fourth-order valence-corrected chi connectivity index (χ4v) is 2.43. The van der Waals surface area contributed by atoms with Crippen molar-refractivity contribution >= 4 is 17.0 Å². The van der Waals surface area contributed by atoms with Gasteiger partial charge in [0.05, 0.1) is 17.7 Å². The van der Waals surface area contributed by atoms with Gasteiger partial charge in [-0.05, 0) is 30.7 Å². The number of anilines is 1. The average molecular weight is 298 g/mol. The Labute approximate surface area is 126 Å². The number of hydrogen-bond donors (Lipinski definition) is 1. The van der Waals surface area contributed by atoms with Crippen molar-refractivity contribution in [2.45, 2.75) is 6.92 Å². The molecule has 0 radical (unpaired) electrons. The molecule has 7 heteroatoms. The van der Waals surface area contributed by atoms with Crippen LogP contribution in [0.4, 0.5) is 11.4 Å². The van der Waals surface area contributed by atoms with Gasteiger partial charge in [-0.1, -0.05) is 0 Å². The van der Waals surface area contributed by atoms with E-state index < -0.39 is 4.92 Å². The summed E-state index contributed by atoms with van der Waals surface area (Å²) in [4.78, 5) is 15.2. The molecule has 2 N–H and O–H groups in total. The van der Waals surface area contributed by atoms with Crippen LogP contribution in [0, 0.1) is 17.0 Å². The van der Waals surface area contributed by atoms with E-state index in [-0.39, 0.29) is 11.4 Å². The fraction of sp³-hybridized carbons (Fsp3) is 0.133. The molecule has 0 saturated heterocycles. The van der Waals surface area contributed by atoms with Crippen molar-refractivity contribution < 1.29 is 9.66 Å². The summed E-state index contributed by atoms with van der Waals surface area (Å²) < 4.78 is 6.82. The highest BCUT2D eigenvalue weighted by molar-refractivity contribution is 5.69. The maximum absolute atomic E-state index is 11.1. The molecule has 0 aliphatic rings. The molecule has 0 aliphatic heterocycles. The number of nitro groups is 1. The van der Waals surface area contributed by atoms with Crippen LogP contribution in [0.5, 0.6) is 5.75 Å². The van der Waals surface area contributed by atoms with Gasteiger partial charge in [0.25, 0.3) is 0 Å². The van der Waals surface area contributed by atoms with E-state index in [2.05, 4.69) is 4.98 Å². The first-order chi connectivity index (χ1) is 10.5. The van der Waals surface area contributed by atoms with Gasteiger partial charge in [0, 0.05) is 29.7 Å². The smallest absolute Gasteiger partial charge is 0.311 e. The Hall–Kier alpha value is -3.09. The quantitative estimate of drug-likeness (QED) is 0.592. The van der Waals surface area contributed by atoms with Crippen molar-refractivity contribution in [3.8, 4) is 17.0 Å². The molecule has 0 saturated carbocycles. The summed E-state index contributed by atoms with van der Waals surface area (Å²) in [7, 11) is 1.40. The molecule has 2 aromatic heterocycles. The molecular formula is C15H14N4O3. The minimum atomic E-state index is -0.471. The lowest BCUT2D eigenvalue weighted by Crippen LogP contribution is -1.94. The van der Waals surface area contributed by atoms with E-state index in [0.29, 0.717) is 16.9 Å². The molecule has 3 aromatic rings. The molecule has 7 nitrogen and oxygen atoms in total. The van der Waals surface area contributed by atoms with Gasteiger partial charge in [-0.3, -0.25) is 10.1 Å². The standard InChI is InChI=1S/C15H14N4O3/c1-9-5-11(16)7-18-8-12(17-15(9)18)10-3-4-14(22-2)13(6-10)19(20)21/h3-8H,16H2,1-2H3. The Balaban J connectivity index is 2.17. The molecule has 0 amide bonds. The molecule has 1 aromatic carbocycles. The summed E-state index contributed by atoms with van der Waals surface area (Å²) in [5.41, 5.74) is 9.36. The van der Waals surface area contributed by atoms with E-state index in [1.807, 2.05) is 17.4 Å². The summed E-state index contributed by atoms with van der Waals surface area (Å²) in [6, 6.07) is 6.60. The largest absolute Gasteiger partial charge is 0.490 e. The summed E-state index contributed by atoms with van der Waals surface area (Å²) in [5.74, 6) is 0.220. The number of nitrogen functional groups attached to an aromatic ring is 1. The molecule has 0 bridgehead atoms. The predicted molar refractivity (Wildman–Crippen MR) is 83.0 cm³/mol. The second-order valence-corrected chi connectivity index (χ2v) is 4.96. The van der Waals surface area contributed by atoms with E-state index in [0.717, 1.165) is 11.2 Å². The van der Waals surface area contributed by atoms with Gasteiger partial charge >= 0.3 is 5.69 Å². The van der Waals surface area contributed by atoms with Crippen molar-refractivity contribution in [3.63, 3.8) is 0 Å². The highest BCUT2D eigenvalue weighted by Crippen LogP contribution is 2.32. The van der Waals surface area contributed by atoms with Crippen LogP contribution in [-0.4, -0.2) is 21.4 Å². The number of fused-ring (bicyclic) bond motifs is 1. The number of nitrogens with two attached hydrogens (primary N) is 1. The lowest BCUT2D eigenvalue weighted by atomic mass is 10.1. The van der Waals surface area contributed by atoms with Crippen LogP contribution in [0.3, 0.4) is 0 Å². The summed E-state index contributed by atoms with van der Waals surface area (Å²) in [6.07, 6.45) is 3.56. The topological polar surface area (TPSA) is 95.7 Å². The van der Waals surface area contributed by atoms with E-state index in [1.54, 1.807) is 24.5 Å². The lowest BCUT2D eigenvalue weighted by Gasteiger charge is -2.02. The van der Waals surface area contributed by atoms with Crippen molar-refractivity contribution in [1.82, 2.24) is 9.38 Å². The van der Waals surface area contributed by atoms with Crippen LogP contribution < -0.4 is 10.5 Å². The van der Waals surface area contributed by atoms with E-state index in [4.69, 9.17) is 10.5 Å². The minimum Gasteiger partial charge on any atom is -0.490 e. The zero-order valence-corrected chi connectivity index (χ0v) is 12.1. The van der Waals surface area contributed by atoms with E-state index in [1.165, 1.54) is 13.2 Å². The van der Waals surface area contributed by atoms with Gasteiger partial charge in [0.1, 0.15) is 5.65 Å². The average Bonchev–Trinajstić information content (AvgIpc) is 2.90. The number of aromatic nitrogens is 2. The molecule has 22 heavy (non-hydrogen) atoms. The zero-order chi connectivity index (χ0) is 15.9. The molecule has 0 fully saturated rings. The van der Waals surface area contributed by atoms with Crippen molar-refractivity contribution in [2.24, 2.45) is 0 Å². The highest BCUT2D eigenvalue weighted by Gasteiger charge is 2.17. The number of aryl methyl sites for hydroxylation is 1. The molecule has 0 aliphatic carbocycles. The van der Waals surface area contributed by atoms with Crippen molar-refractivity contribution in [3.05, 3.63) is 52.3 Å². The van der Waals surface area contributed by atoms with Crippen LogP contribution in [-0.2, 0) is 0 Å². The Morgan fingerprint density at radius 3 is 2.77 bits per heavy atom. The number of nitrogens with zero attached hydrogens (tertiary/aromatic N) is 3. The van der Waals surface area contributed by atoms with Gasteiger partial charge in [-0.2, -0.15) is 0 Å². The van der Waals surface area contributed by atoms with Crippen molar-refractivity contribution in [1.29, 1.82) is 0 Å². The summed E-state index contributed by atoms with van der Waals surface area (Å²) in [5, 5.41) is 11.1. The number of nitro benzene ring substituents is 1. The maximum atomic E-state index is 11.1. The van der Waals surface area contributed by atoms with E-state index in [9.17, 15) is 10.1 Å². The van der Waals surface area contributed by atoms with Gasteiger partial charge in [-0.15, -0.1) is 0 Å².